The molecule has 1 aromatic rings. The fourth-order valence-corrected chi connectivity index (χ4v) is 1.69. The third-order valence-corrected chi connectivity index (χ3v) is 2.91. The molecule has 0 aliphatic heterocycles. The monoisotopic (exact) mass is 221 g/mol. The lowest BCUT2D eigenvalue weighted by molar-refractivity contribution is 0.602. The Morgan fingerprint density at radius 3 is 1.87 bits per heavy atom. The number of nitrogens with zero attached hydrogens (tertiary/aromatic N) is 2. The van der Waals surface area contributed by atoms with Crippen LogP contribution >= 0.6 is 0 Å². The lowest BCUT2D eigenvalue weighted by atomic mass is 10.1. The minimum absolute atomic E-state index is 0.00512. The van der Waals surface area contributed by atoms with Gasteiger partial charge in [0.15, 0.2) is 9.84 Å². The van der Waals surface area contributed by atoms with E-state index in [1.807, 2.05) is 0 Å². The van der Waals surface area contributed by atoms with Gasteiger partial charge in [0.1, 0.15) is 12.1 Å². The lowest BCUT2D eigenvalue weighted by Gasteiger charge is -2.03. The highest BCUT2D eigenvalue weighted by molar-refractivity contribution is 7.90. The second-order valence-electron chi connectivity index (χ2n) is 2.93. The number of rotatable bonds is 1. The zero-order valence-corrected chi connectivity index (χ0v) is 8.67. The summed E-state index contributed by atoms with van der Waals surface area (Å²) in [6.45, 7) is 0. The van der Waals surface area contributed by atoms with E-state index in [-0.39, 0.29) is 21.7 Å². The third kappa shape index (κ3) is 2.06. The van der Waals surface area contributed by atoms with Gasteiger partial charge in [0.05, 0.1) is 21.7 Å². The molecule has 6 heteroatoms. The smallest absolute Gasteiger partial charge is 0.175 e. The molecule has 0 heterocycles. The Balaban J connectivity index is 3.66. The van der Waals surface area contributed by atoms with Gasteiger partial charge in [-0.25, -0.2) is 8.42 Å². The summed E-state index contributed by atoms with van der Waals surface area (Å²) in [5.41, 5.74) is 5.47. The van der Waals surface area contributed by atoms with Crippen LogP contribution in [-0.2, 0) is 9.84 Å². The van der Waals surface area contributed by atoms with Crippen molar-refractivity contribution in [2.45, 2.75) is 4.90 Å². The number of nitrogens with two attached hydrogens (primary N) is 1. The number of sulfone groups is 1. The van der Waals surface area contributed by atoms with Gasteiger partial charge in [-0.3, -0.25) is 0 Å². The molecule has 0 unspecified atom stereocenters. The number of nitriles is 2. The predicted molar refractivity (Wildman–Crippen MR) is 53.4 cm³/mol. The highest BCUT2D eigenvalue weighted by Gasteiger charge is 2.13. The summed E-state index contributed by atoms with van der Waals surface area (Å²) in [5, 5.41) is 17.4. The van der Waals surface area contributed by atoms with Gasteiger partial charge in [0.2, 0.25) is 0 Å². The molecule has 0 radical (unpaired) electrons. The van der Waals surface area contributed by atoms with Gasteiger partial charge in [-0.05, 0) is 12.1 Å². The molecular formula is C9H7N3O2S. The predicted octanol–water partition coefficient (Wildman–Crippen LogP) is 0.416. The summed E-state index contributed by atoms with van der Waals surface area (Å²) in [7, 11) is -3.44. The summed E-state index contributed by atoms with van der Waals surface area (Å²) >= 11 is 0. The van der Waals surface area contributed by atoms with Gasteiger partial charge in [-0.2, -0.15) is 10.5 Å². The topological polar surface area (TPSA) is 108 Å². The first-order chi connectivity index (χ1) is 6.90. The second-order valence-corrected chi connectivity index (χ2v) is 4.94. The summed E-state index contributed by atoms with van der Waals surface area (Å²) < 4.78 is 22.4. The normalized spacial score (nSPS) is 10.3. The van der Waals surface area contributed by atoms with Crippen molar-refractivity contribution >= 4 is 15.5 Å². The molecule has 0 aliphatic rings. The van der Waals surface area contributed by atoms with Crippen molar-refractivity contribution in [1.29, 1.82) is 10.5 Å². The first-order valence-corrected chi connectivity index (χ1v) is 5.73. The van der Waals surface area contributed by atoms with E-state index >= 15 is 0 Å². The molecule has 15 heavy (non-hydrogen) atoms. The van der Waals surface area contributed by atoms with Gasteiger partial charge in [0.25, 0.3) is 0 Å². The molecule has 5 nitrogen and oxygen atoms in total. The van der Waals surface area contributed by atoms with Crippen LogP contribution in [-0.4, -0.2) is 14.7 Å². The summed E-state index contributed by atoms with van der Waals surface area (Å²) in [6.07, 6.45) is 1.00. The molecule has 0 aromatic heterocycles. The molecule has 1 rings (SSSR count). The van der Waals surface area contributed by atoms with Crippen molar-refractivity contribution in [3.05, 3.63) is 23.3 Å². The number of hydrogen-bond donors (Lipinski definition) is 1. The average molecular weight is 221 g/mol. The zero-order chi connectivity index (χ0) is 11.6. The Labute approximate surface area is 87.3 Å². The summed E-state index contributed by atoms with van der Waals surface area (Å²) in [5.74, 6) is 0. The quantitative estimate of drug-likeness (QED) is 0.691. The molecule has 0 fully saturated rings. The molecular weight excluding hydrogens is 214 g/mol. The van der Waals surface area contributed by atoms with Crippen molar-refractivity contribution in [3.63, 3.8) is 0 Å². The number of benzene rings is 1. The number of hydrogen-bond acceptors (Lipinski definition) is 5. The van der Waals surface area contributed by atoms with Crippen LogP contribution in [0.4, 0.5) is 5.69 Å². The van der Waals surface area contributed by atoms with Crippen molar-refractivity contribution in [2.75, 3.05) is 12.0 Å². The molecule has 1 aromatic carbocycles. The van der Waals surface area contributed by atoms with Gasteiger partial charge in [0, 0.05) is 6.26 Å². The summed E-state index contributed by atoms with van der Waals surface area (Å²) in [4.78, 5) is -0.0789. The van der Waals surface area contributed by atoms with E-state index in [0.29, 0.717) is 0 Å². The second kappa shape index (κ2) is 3.60. The molecule has 0 saturated carbocycles. The lowest BCUT2D eigenvalue weighted by Crippen LogP contribution is -2.02. The minimum atomic E-state index is -3.44. The number of anilines is 1. The highest BCUT2D eigenvalue weighted by Crippen LogP contribution is 2.21. The molecule has 0 spiro atoms. The number of nitrogen functional groups attached to an aromatic ring is 1. The van der Waals surface area contributed by atoms with Gasteiger partial charge >= 0.3 is 0 Å². The van der Waals surface area contributed by atoms with E-state index < -0.39 is 9.84 Å². The largest absolute Gasteiger partial charge is 0.397 e. The van der Waals surface area contributed by atoms with E-state index in [0.717, 1.165) is 18.4 Å². The van der Waals surface area contributed by atoms with E-state index in [4.69, 9.17) is 16.3 Å². The van der Waals surface area contributed by atoms with E-state index in [2.05, 4.69) is 0 Å². The van der Waals surface area contributed by atoms with Gasteiger partial charge < -0.3 is 5.73 Å². The maximum atomic E-state index is 11.2. The van der Waals surface area contributed by atoms with Crippen molar-refractivity contribution in [3.8, 4) is 12.1 Å². The minimum Gasteiger partial charge on any atom is -0.397 e. The van der Waals surface area contributed by atoms with Crippen LogP contribution in [0.25, 0.3) is 0 Å². The maximum Gasteiger partial charge on any atom is 0.175 e. The van der Waals surface area contributed by atoms with Gasteiger partial charge in [-0.15, -0.1) is 0 Å². The average Bonchev–Trinajstić information content (AvgIpc) is 2.16. The SMILES string of the molecule is CS(=O)(=O)c1cc(C#N)c(N)c(C#N)c1. The Morgan fingerprint density at radius 1 is 1.20 bits per heavy atom. The summed E-state index contributed by atoms with van der Waals surface area (Å²) in [6, 6.07) is 5.80. The van der Waals surface area contributed by atoms with Crippen LogP contribution in [0.15, 0.2) is 17.0 Å². The van der Waals surface area contributed by atoms with Crippen LogP contribution in [0.5, 0.6) is 0 Å². The van der Waals surface area contributed by atoms with Crippen LogP contribution in [0.1, 0.15) is 11.1 Å². The van der Waals surface area contributed by atoms with Crippen molar-refractivity contribution < 1.29 is 8.42 Å². The standard InChI is InChI=1S/C9H7N3O2S/c1-15(13,14)8-2-6(4-10)9(12)7(3-8)5-11/h2-3H,12H2,1H3. The third-order valence-electron chi connectivity index (χ3n) is 1.82. The van der Waals surface area contributed by atoms with Crippen molar-refractivity contribution in [1.82, 2.24) is 0 Å². The van der Waals surface area contributed by atoms with E-state index in [9.17, 15) is 8.42 Å². The van der Waals surface area contributed by atoms with E-state index in [1.54, 1.807) is 12.1 Å². The van der Waals surface area contributed by atoms with Crippen LogP contribution < -0.4 is 5.73 Å². The molecule has 76 valence electrons. The molecule has 0 bridgehead atoms. The Kier molecular flexibility index (Phi) is 2.65. The highest BCUT2D eigenvalue weighted by atomic mass is 32.2. The van der Waals surface area contributed by atoms with Gasteiger partial charge in [-0.1, -0.05) is 0 Å². The van der Waals surface area contributed by atoms with Crippen LogP contribution in [0, 0.1) is 22.7 Å². The first-order valence-electron chi connectivity index (χ1n) is 3.84. The fraction of sp³-hybridized carbons (Fsp3) is 0.111. The maximum absolute atomic E-state index is 11.2. The molecule has 0 atom stereocenters. The van der Waals surface area contributed by atoms with E-state index in [1.165, 1.54) is 0 Å². The first kappa shape index (κ1) is 11.0. The fourth-order valence-electron chi connectivity index (χ4n) is 1.03. The molecule has 0 saturated heterocycles. The Hall–Kier alpha value is -2.05. The molecule has 0 aliphatic carbocycles. The zero-order valence-electron chi connectivity index (χ0n) is 7.85. The molecule has 2 N–H and O–H groups in total. The Bertz CT molecular complexity index is 556. The Morgan fingerprint density at radius 2 is 1.60 bits per heavy atom. The molecule has 0 amide bonds. The van der Waals surface area contributed by atoms with Crippen LogP contribution in [0.2, 0.25) is 0 Å². The van der Waals surface area contributed by atoms with Crippen LogP contribution in [0.3, 0.4) is 0 Å². The van der Waals surface area contributed by atoms with Crippen molar-refractivity contribution in [2.24, 2.45) is 0 Å².